The van der Waals surface area contributed by atoms with Crippen molar-refractivity contribution in [1.29, 1.82) is 0 Å². The molecule has 0 unspecified atom stereocenters. The third-order valence-electron chi connectivity index (χ3n) is 10.3. The normalized spacial score (nSPS) is 11.3. The van der Waals surface area contributed by atoms with E-state index in [-0.39, 0.29) is 0 Å². The van der Waals surface area contributed by atoms with Crippen LogP contribution in [0, 0.1) is 13.8 Å². The average Bonchev–Trinajstić information content (AvgIpc) is 3.55. The minimum absolute atomic E-state index is 1.10. The number of aromatic nitrogens is 1. The Balaban J connectivity index is 1.32. The van der Waals surface area contributed by atoms with Crippen molar-refractivity contribution in [1.82, 2.24) is 4.57 Å². The van der Waals surface area contributed by atoms with Crippen molar-refractivity contribution in [3.8, 4) is 39.1 Å². The van der Waals surface area contributed by atoms with E-state index in [2.05, 4.69) is 217 Å². The topological polar surface area (TPSA) is 8.17 Å². The Morgan fingerprint density at radius 2 is 0.962 bits per heavy atom. The number of nitrogens with zero attached hydrogens (tertiary/aromatic N) is 2. The summed E-state index contributed by atoms with van der Waals surface area (Å²) in [5.74, 6) is 0. The van der Waals surface area contributed by atoms with Gasteiger partial charge >= 0.3 is 0 Å². The van der Waals surface area contributed by atoms with E-state index in [0.717, 1.165) is 28.3 Å². The molecule has 0 aliphatic heterocycles. The second-order valence-corrected chi connectivity index (χ2v) is 13.5. The Morgan fingerprint density at radius 3 is 1.73 bits per heavy atom. The molecule has 8 aromatic carbocycles. The van der Waals surface area contributed by atoms with Crippen molar-refractivity contribution >= 4 is 38.9 Å². The largest absolute Gasteiger partial charge is 0.309 e. The highest BCUT2D eigenvalue weighted by atomic mass is 15.2. The number of hydrogen-bond acceptors (Lipinski definition) is 1. The van der Waals surface area contributed by atoms with Gasteiger partial charge in [-0.3, -0.25) is 0 Å². The summed E-state index contributed by atoms with van der Waals surface area (Å²) >= 11 is 0. The lowest BCUT2D eigenvalue weighted by Crippen LogP contribution is -2.11. The summed E-state index contributed by atoms with van der Waals surface area (Å²) in [5.41, 5.74) is 16.6. The Labute approximate surface area is 305 Å². The summed E-state index contributed by atoms with van der Waals surface area (Å²) in [6.45, 7) is 4.37. The molecule has 248 valence electrons. The van der Waals surface area contributed by atoms with E-state index in [1.807, 2.05) is 0 Å². The molecule has 1 heterocycles. The van der Waals surface area contributed by atoms with Crippen LogP contribution in [0.15, 0.2) is 194 Å². The smallest absolute Gasteiger partial charge is 0.0562 e. The van der Waals surface area contributed by atoms with Crippen molar-refractivity contribution in [3.63, 3.8) is 0 Å². The molecule has 2 heteroatoms. The highest BCUT2D eigenvalue weighted by Gasteiger charge is 2.23. The molecule has 52 heavy (non-hydrogen) atoms. The van der Waals surface area contributed by atoms with Crippen LogP contribution in [0.5, 0.6) is 0 Å². The van der Waals surface area contributed by atoms with Gasteiger partial charge in [0, 0.05) is 27.6 Å². The number of benzene rings is 8. The maximum Gasteiger partial charge on any atom is 0.0562 e. The first-order valence-electron chi connectivity index (χ1n) is 17.9. The van der Waals surface area contributed by atoms with Gasteiger partial charge in [-0.15, -0.1) is 0 Å². The first-order valence-corrected chi connectivity index (χ1v) is 17.9. The first kappa shape index (κ1) is 31.3. The van der Waals surface area contributed by atoms with Crippen LogP contribution in [0.4, 0.5) is 17.1 Å². The van der Waals surface area contributed by atoms with Crippen LogP contribution in [0.25, 0.3) is 60.9 Å². The third kappa shape index (κ3) is 5.46. The lowest BCUT2D eigenvalue weighted by atomic mass is 9.99. The second kappa shape index (κ2) is 13.2. The number of anilines is 3. The fourth-order valence-corrected chi connectivity index (χ4v) is 7.64. The summed E-state index contributed by atoms with van der Waals surface area (Å²) in [4.78, 5) is 2.45. The van der Waals surface area contributed by atoms with E-state index >= 15 is 0 Å². The number of hydrogen-bond donors (Lipinski definition) is 0. The van der Waals surface area contributed by atoms with Gasteiger partial charge in [0.1, 0.15) is 0 Å². The molecule has 9 rings (SSSR count). The molecule has 0 radical (unpaired) electrons. The van der Waals surface area contributed by atoms with Crippen molar-refractivity contribution < 1.29 is 0 Å². The predicted octanol–water partition coefficient (Wildman–Crippen LogP) is 13.9. The Kier molecular flexibility index (Phi) is 7.98. The fraction of sp³-hybridized carbons (Fsp3) is 0.0400. The minimum atomic E-state index is 1.10. The van der Waals surface area contributed by atoms with Crippen molar-refractivity contribution in [2.45, 2.75) is 13.8 Å². The highest BCUT2D eigenvalue weighted by molar-refractivity contribution is 6.17. The van der Waals surface area contributed by atoms with Crippen LogP contribution in [0.1, 0.15) is 11.1 Å². The summed E-state index contributed by atoms with van der Waals surface area (Å²) in [5, 5.41) is 2.43. The van der Waals surface area contributed by atoms with Crippen molar-refractivity contribution in [2.24, 2.45) is 0 Å². The predicted molar refractivity (Wildman–Crippen MR) is 221 cm³/mol. The monoisotopic (exact) mass is 666 g/mol. The Bertz CT molecular complexity index is 2690. The van der Waals surface area contributed by atoms with Gasteiger partial charge in [-0.25, -0.2) is 0 Å². The lowest BCUT2D eigenvalue weighted by Gasteiger charge is -2.29. The lowest BCUT2D eigenvalue weighted by molar-refractivity contribution is 1.18. The zero-order chi connectivity index (χ0) is 35.0. The molecule has 0 fully saturated rings. The molecular formula is C50H38N2. The molecule has 0 saturated heterocycles. The minimum Gasteiger partial charge on any atom is -0.309 e. The summed E-state index contributed by atoms with van der Waals surface area (Å²) in [6, 6.07) is 70.3. The zero-order valence-electron chi connectivity index (χ0n) is 29.4. The van der Waals surface area contributed by atoms with Crippen molar-refractivity contribution in [3.05, 3.63) is 205 Å². The van der Waals surface area contributed by atoms with Gasteiger partial charge in [-0.1, -0.05) is 152 Å². The molecule has 0 aliphatic rings. The van der Waals surface area contributed by atoms with Gasteiger partial charge in [-0.05, 0) is 89.7 Å². The molecule has 0 saturated carbocycles. The number of para-hydroxylation sites is 3. The summed E-state index contributed by atoms with van der Waals surface area (Å²) < 4.78 is 2.46. The molecule has 0 bridgehead atoms. The van der Waals surface area contributed by atoms with Gasteiger partial charge < -0.3 is 9.47 Å². The van der Waals surface area contributed by atoms with Gasteiger partial charge in [0.2, 0.25) is 0 Å². The van der Waals surface area contributed by atoms with Crippen LogP contribution in [-0.2, 0) is 0 Å². The number of fused-ring (bicyclic) bond motifs is 3. The van der Waals surface area contributed by atoms with Crippen LogP contribution in [-0.4, -0.2) is 4.57 Å². The fourth-order valence-electron chi connectivity index (χ4n) is 7.64. The van der Waals surface area contributed by atoms with Crippen LogP contribution >= 0.6 is 0 Å². The van der Waals surface area contributed by atoms with Gasteiger partial charge in [-0.2, -0.15) is 0 Å². The molecule has 0 N–H and O–H groups in total. The van der Waals surface area contributed by atoms with E-state index in [1.165, 1.54) is 60.8 Å². The van der Waals surface area contributed by atoms with E-state index in [1.54, 1.807) is 0 Å². The molecule has 1 aromatic heterocycles. The third-order valence-corrected chi connectivity index (χ3v) is 10.3. The molecule has 2 nitrogen and oxygen atoms in total. The summed E-state index contributed by atoms with van der Waals surface area (Å²) in [6.07, 6.45) is 0. The maximum absolute atomic E-state index is 2.46. The Morgan fingerprint density at radius 1 is 0.385 bits per heavy atom. The molecule has 9 aromatic rings. The van der Waals surface area contributed by atoms with E-state index in [9.17, 15) is 0 Å². The second-order valence-electron chi connectivity index (χ2n) is 13.5. The maximum atomic E-state index is 2.46. The van der Waals surface area contributed by atoms with Gasteiger partial charge in [0.25, 0.3) is 0 Å². The standard InChI is InChI=1S/C50H38N2/c1-35-28-29-40(34-36(35)2)43-21-10-13-24-46(43)52-47-25-14-11-22-44(47)50-48(26-15-27-49(50)52)51(41-32-30-38(31-33-41)37-16-5-3-6-17-37)45-23-12-9-20-42(45)39-18-7-4-8-19-39/h3-34H,1-2H3. The average molecular weight is 667 g/mol. The molecule has 0 atom stereocenters. The van der Waals surface area contributed by atoms with E-state index in [4.69, 9.17) is 0 Å². The van der Waals surface area contributed by atoms with Gasteiger partial charge in [0.15, 0.2) is 0 Å². The summed E-state index contributed by atoms with van der Waals surface area (Å²) in [7, 11) is 0. The first-order chi connectivity index (χ1) is 25.7. The van der Waals surface area contributed by atoms with E-state index < -0.39 is 0 Å². The SMILES string of the molecule is Cc1ccc(-c2ccccc2-n2c3ccccc3c3c(N(c4ccc(-c5ccccc5)cc4)c4ccccc4-c4ccccc4)cccc32)cc1C. The van der Waals surface area contributed by atoms with Crippen LogP contribution in [0.3, 0.4) is 0 Å². The molecule has 0 aliphatic carbocycles. The molecule has 0 spiro atoms. The quantitative estimate of drug-likeness (QED) is 0.164. The molecule has 0 amide bonds. The van der Waals surface area contributed by atoms with Gasteiger partial charge in [0.05, 0.1) is 28.1 Å². The van der Waals surface area contributed by atoms with E-state index in [0.29, 0.717) is 0 Å². The highest BCUT2D eigenvalue weighted by Crippen LogP contribution is 2.47. The number of rotatable bonds is 7. The van der Waals surface area contributed by atoms with Crippen LogP contribution < -0.4 is 4.90 Å². The van der Waals surface area contributed by atoms with Crippen molar-refractivity contribution in [2.75, 3.05) is 4.90 Å². The zero-order valence-corrected chi connectivity index (χ0v) is 29.4. The molecular weight excluding hydrogens is 629 g/mol. The van der Waals surface area contributed by atoms with Crippen LogP contribution in [0.2, 0.25) is 0 Å². The Hall–Kier alpha value is -6.64. The number of aryl methyl sites for hydroxylation is 2.